The van der Waals surface area contributed by atoms with E-state index in [4.69, 9.17) is 0 Å². The minimum absolute atomic E-state index is 0.0491. The van der Waals surface area contributed by atoms with Gasteiger partial charge in [0.25, 0.3) is 0 Å². The molecule has 0 aromatic carbocycles. The molecule has 0 amide bonds. The molecular formula is C6H6BrF3O2. The van der Waals surface area contributed by atoms with Gasteiger partial charge < -0.3 is 4.74 Å². The number of hydrogen-bond donors (Lipinski definition) is 0. The van der Waals surface area contributed by atoms with Gasteiger partial charge in [-0.05, 0) is 22.9 Å². The third-order valence-corrected chi connectivity index (χ3v) is 1.48. The molecule has 0 aromatic heterocycles. The van der Waals surface area contributed by atoms with Crippen molar-refractivity contribution in [3.63, 3.8) is 0 Å². The van der Waals surface area contributed by atoms with E-state index >= 15 is 0 Å². The molecule has 0 fully saturated rings. The Kier molecular flexibility index (Phi) is 4.30. The van der Waals surface area contributed by atoms with Crippen LogP contribution in [0.5, 0.6) is 0 Å². The molecule has 12 heavy (non-hydrogen) atoms. The zero-order valence-corrected chi connectivity index (χ0v) is 7.70. The molecule has 6 heteroatoms. The number of ether oxygens (including phenoxy) is 1. The average molecular weight is 247 g/mol. The van der Waals surface area contributed by atoms with Crippen LogP contribution in [0.3, 0.4) is 0 Å². The lowest BCUT2D eigenvalue weighted by atomic mass is 10.5. The number of hydrogen-bond acceptors (Lipinski definition) is 2. The Morgan fingerprint density at radius 2 is 2.08 bits per heavy atom. The summed E-state index contributed by atoms with van der Waals surface area (Å²) in [6.45, 7) is 1.56. The third-order valence-electron chi connectivity index (χ3n) is 0.802. The van der Waals surface area contributed by atoms with Gasteiger partial charge >= 0.3 is 12.1 Å². The second-order valence-corrected chi connectivity index (χ2v) is 2.60. The first-order chi connectivity index (χ1) is 5.38. The van der Waals surface area contributed by atoms with Gasteiger partial charge in [-0.25, -0.2) is 4.79 Å². The van der Waals surface area contributed by atoms with Crippen LogP contribution in [0.2, 0.25) is 0 Å². The molecule has 0 atom stereocenters. The summed E-state index contributed by atoms with van der Waals surface area (Å²) in [5.41, 5.74) is 0. The lowest BCUT2D eigenvalue weighted by Crippen LogP contribution is -2.10. The van der Waals surface area contributed by atoms with Crippen LogP contribution in [-0.2, 0) is 9.53 Å². The summed E-state index contributed by atoms with van der Waals surface area (Å²) in [6, 6.07) is 0. The third kappa shape index (κ3) is 4.38. The quantitative estimate of drug-likeness (QED) is 0.553. The molecule has 0 rings (SSSR count). The van der Waals surface area contributed by atoms with E-state index in [-0.39, 0.29) is 6.61 Å². The molecule has 0 heterocycles. The number of carbonyl (C=O) groups is 1. The monoisotopic (exact) mass is 246 g/mol. The predicted molar refractivity (Wildman–Crippen MR) is 39.7 cm³/mol. The molecule has 0 saturated heterocycles. The Morgan fingerprint density at radius 3 is 2.42 bits per heavy atom. The maximum Gasteiger partial charge on any atom is 0.423 e. The van der Waals surface area contributed by atoms with Gasteiger partial charge in [0.15, 0.2) is 0 Å². The maximum absolute atomic E-state index is 11.7. The van der Waals surface area contributed by atoms with Gasteiger partial charge in [-0.3, -0.25) is 0 Å². The first kappa shape index (κ1) is 11.5. The molecule has 0 bridgehead atoms. The molecule has 0 saturated carbocycles. The van der Waals surface area contributed by atoms with Crippen molar-refractivity contribution in [1.29, 1.82) is 0 Å². The number of carbonyl (C=O) groups excluding carboxylic acids is 1. The van der Waals surface area contributed by atoms with Gasteiger partial charge in [0, 0.05) is 6.08 Å². The first-order valence-corrected chi connectivity index (χ1v) is 3.78. The Balaban J connectivity index is 4.26. The van der Waals surface area contributed by atoms with Crippen molar-refractivity contribution in [2.24, 2.45) is 0 Å². The number of alkyl halides is 3. The zero-order valence-electron chi connectivity index (χ0n) is 6.11. The van der Waals surface area contributed by atoms with Crippen LogP contribution >= 0.6 is 15.9 Å². The van der Waals surface area contributed by atoms with E-state index in [1.807, 2.05) is 0 Å². The standard InChI is InChI=1S/C6H6BrF3O2/c1-2-12-5(11)3-4(7)6(8,9)10/h3H,2H2,1H3. The van der Waals surface area contributed by atoms with E-state index in [1.54, 1.807) is 0 Å². The fourth-order valence-electron chi connectivity index (χ4n) is 0.369. The lowest BCUT2D eigenvalue weighted by molar-refractivity contribution is -0.138. The predicted octanol–water partition coefficient (Wildman–Crippen LogP) is 2.39. The van der Waals surface area contributed by atoms with E-state index in [1.165, 1.54) is 6.92 Å². The molecule has 2 nitrogen and oxygen atoms in total. The van der Waals surface area contributed by atoms with Crippen molar-refractivity contribution in [2.75, 3.05) is 6.61 Å². The number of halogens is 4. The van der Waals surface area contributed by atoms with Crippen molar-refractivity contribution in [1.82, 2.24) is 0 Å². The van der Waals surface area contributed by atoms with Crippen LogP contribution in [-0.4, -0.2) is 18.8 Å². The SMILES string of the molecule is CCOC(=O)C=C(Br)C(F)(F)F. The normalized spacial score (nSPS) is 12.9. The van der Waals surface area contributed by atoms with E-state index in [2.05, 4.69) is 20.7 Å². The van der Waals surface area contributed by atoms with Crippen LogP contribution in [0, 0.1) is 0 Å². The van der Waals surface area contributed by atoms with Crippen LogP contribution in [0.1, 0.15) is 6.92 Å². The molecule has 0 radical (unpaired) electrons. The highest BCUT2D eigenvalue weighted by atomic mass is 79.9. The van der Waals surface area contributed by atoms with Crippen LogP contribution in [0.4, 0.5) is 13.2 Å². The molecule has 0 aliphatic rings. The largest absolute Gasteiger partial charge is 0.463 e. The van der Waals surface area contributed by atoms with Gasteiger partial charge in [0.2, 0.25) is 0 Å². The highest BCUT2D eigenvalue weighted by Gasteiger charge is 2.32. The van der Waals surface area contributed by atoms with E-state index in [9.17, 15) is 18.0 Å². The summed E-state index contributed by atoms with van der Waals surface area (Å²) >= 11 is 2.20. The minimum Gasteiger partial charge on any atom is -0.463 e. The molecule has 0 unspecified atom stereocenters. The highest BCUT2D eigenvalue weighted by Crippen LogP contribution is 2.29. The van der Waals surface area contributed by atoms with E-state index in [0.717, 1.165) is 0 Å². The van der Waals surface area contributed by atoms with Crippen LogP contribution in [0.25, 0.3) is 0 Å². The summed E-state index contributed by atoms with van der Waals surface area (Å²) in [7, 11) is 0. The Bertz CT molecular complexity index is 197. The summed E-state index contributed by atoms with van der Waals surface area (Å²) in [4.78, 5) is 10.5. The van der Waals surface area contributed by atoms with E-state index < -0.39 is 16.6 Å². The van der Waals surface area contributed by atoms with Gasteiger partial charge in [0.1, 0.15) is 4.48 Å². The topological polar surface area (TPSA) is 26.3 Å². The number of rotatable bonds is 2. The molecule has 0 aromatic rings. The second kappa shape index (κ2) is 4.49. The van der Waals surface area contributed by atoms with Crippen molar-refractivity contribution in [3.8, 4) is 0 Å². The second-order valence-electron chi connectivity index (χ2n) is 1.74. The van der Waals surface area contributed by atoms with Crippen molar-refractivity contribution < 1.29 is 22.7 Å². The fraction of sp³-hybridized carbons (Fsp3) is 0.500. The Hall–Kier alpha value is -0.520. The summed E-state index contributed by atoms with van der Waals surface area (Å²) in [5.74, 6) is -1.01. The summed E-state index contributed by atoms with van der Waals surface area (Å²) in [6.07, 6.45) is -4.18. The Labute approximate surface area is 75.5 Å². The van der Waals surface area contributed by atoms with Crippen molar-refractivity contribution in [2.45, 2.75) is 13.1 Å². The maximum atomic E-state index is 11.7. The fourth-order valence-corrected chi connectivity index (χ4v) is 0.556. The molecule has 0 aliphatic heterocycles. The smallest absolute Gasteiger partial charge is 0.423 e. The zero-order chi connectivity index (χ0) is 9.78. The van der Waals surface area contributed by atoms with Gasteiger partial charge in [-0.1, -0.05) is 0 Å². The summed E-state index contributed by atoms with van der Waals surface area (Å²) in [5, 5.41) is 0. The van der Waals surface area contributed by atoms with E-state index in [0.29, 0.717) is 6.08 Å². The van der Waals surface area contributed by atoms with Gasteiger partial charge in [-0.15, -0.1) is 0 Å². The number of esters is 1. The molecule has 0 N–H and O–H groups in total. The minimum atomic E-state index is -4.53. The molecular weight excluding hydrogens is 241 g/mol. The summed E-state index contributed by atoms with van der Waals surface area (Å²) < 4.78 is 38.3. The van der Waals surface area contributed by atoms with Gasteiger partial charge in [0.05, 0.1) is 6.61 Å². The highest BCUT2D eigenvalue weighted by molar-refractivity contribution is 9.11. The van der Waals surface area contributed by atoms with Crippen LogP contribution in [0.15, 0.2) is 10.6 Å². The van der Waals surface area contributed by atoms with Gasteiger partial charge in [-0.2, -0.15) is 13.2 Å². The molecule has 0 spiro atoms. The lowest BCUT2D eigenvalue weighted by Gasteiger charge is -2.03. The number of allylic oxidation sites excluding steroid dienone is 1. The molecule has 70 valence electrons. The molecule has 0 aliphatic carbocycles. The Morgan fingerprint density at radius 1 is 1.58 bits per heavy atom. The van der Waals surface area contributed by atoms with Crippen molar-refractivity contribution >= 4 is 21.9 Å². The van der Waals surface area contributed by atoms with Crippen molar-refractivity contribution in [3.05, 3.63) is 10.6 Å². The van der Waals surface area contributed by atoms with Crippen LogP contribution < -0.4 is 0 Å². The average Bonchev–Trinajstić information content (AvgIpc) is 1.85. The first-order valence-electron chi connectivity index (χ1n) is 2.99.